The Morgan fingerprint density at radius 3 is 1.83 bits per heavy atom. The van der Waals surface area contributed by atoms with Crippen molar-refractivity contribution in [3.63, 3.8) is 0 Å². The van der Waals surface area contributed by atoms with Gasteiger partial charge in [0.05, 0.1) is 11.0 Å². The average molecular weight is 542 g/mol. The number of benzene rings is 5. The van der Waals surface area contributed by atoms with E-state index in [4.69, 9.17) is 15.0 Å². The van der Waals surface area contributed by atoms with Gasteiger partial charge >= 0.3 is 0 Å². The number of hydrogen-bond acceptors (Lipinski definition) is 3. The summed E-state index contributed by atoms with van der Waals surface area (Å²) < 4.78 is 0. The molecule has 3 nitrogen and oxygen atoms in total. The lowest BCUT2D eigenvalue weighted by atomic mass is 9.89. The summed E-state index contributed by atoms with van der Waals surface area (Å²) in [7, 11) is 0. The normalized spacial score (nSPS) is 12.2. The van der Waals surface area contributed by atoms with Crippen molar-refractivity contribution in [1.82, 2.24) is 15.0 Å². The third-order valence-corrected chi connectivity index (χ3v) is 8.75. The van der Waals surface area contributed by atoms with E-state index in [2.05, 4.69) is 119 Å². The third-order valence-electron chi connectivity index (χ3n) is 8.75. The zero-order chi connectivity index (χ0) is 28.5. The van der Waals surface area contributed by atoms with Crippen molar-refractivity contribution in [3.05, 3.63) is 115 Å². The molecule has 202 valence electrons. The summed E-state index contributed by atoms with van der Waals surface area (Å²) in [6.45, 7) is 8.78. The summed E-state index contributed by atoms with van der Waals surface area (Å²) in [6, 6.07) is 33.3. The highest BCUT2D eigenvalue weighted by molar-refractivity contribution is 6.25. The van der Waals surface area contributed by atoms with Gasteiger partial charge in [0.1, 0.15) is 0 Å². The number of aromatic nitrogens is 3. The molecule has 0 spiro atoms. The first-order valence-corrected chi connectivity index (χ1v) is 14.8. The fourth-order valence-electron chi connectivity index (χ4n) is 6.48. The minimum atomic E-state index is 0.283. The Labute approximate surface area is 245 Å². The first kappa shape index (κ1) is 24.9. The largest absolute Gasteiger partial charge is 0.263 e. The molecule has 0 atom stereocenters. The van der Waals surface area contributed by atoms with E-state index in [9.17, 15) is 0 Å². The molecule has 0 radical (unpaired) electrons. The van der Waals surface area contributed by atoms with E-state index in [0.717, 1.165) is 49.9 Å². The van der Waals surface area contributed by atoms with Crippen molar-refractivity contribution < 1.29 is 0 Å². The Balaban J connectivity index is 1.37. The van der Waals surface area contributed by atoms with Crippen molar-refractivity contribution in [1.29, 1.82) is 0 Å². The number of rotatable bonds is 4. The number of nitrogens with zero attached hydrogens (tertiary/aromatic N) is 3. The highest BCUT2D eigenvalue weighted by Gasteiger charge is 2.17. The van der Waals surface area contributed by atoms with Crippen LogP contribution in [0.15, 0.2) is 103 Å². The van der Waals surface area contributed by atoms with E-state index in [1.165, 1.54) is 37.9 Å². The van der Waals surface area contributed by atoms with Gasteiger partial charge in [0.15, 0.2) is 0 Å². The maximum atomic E-state index is 5.17. The van der Waals surface area contributed by atoms with Crippen molar-refractivity contribution in [2.24, 2.45) is 0 Å². The molecule has 3 heterocycles. The van der Waals surface area contributed by atoms with Crippen molar-refractivity contribution >= 4 is 54.1 Å². The molecule has 0 fully saturated rings. The zero-order valence-electron chi connectivity index (χ0n) is 24.3. The van der Waals surface area contributed by atoms with Crippen LogP contribution in [0.1, 0.15) is 50.9 Å². The standard InChI is InChI=1S/C39H31N3/c1-22(2)34-17-13-27-12-16-32-33(19-35(23(3)4)42-39(32)38(27)41-34)29-18-28(20-40-21-29)30-14-10-26-9-8-24-6-5-7-25-11-15-31(30)37(26)36(24)25/h5-23H,1-4H3. The monoisotopic (exact) mass is 541 g/mol. The number of fused-ring (bicyclic) bond motifs is 3. The molecule has 5 aromatic carbocycles. The van der Waals surface area contributed by atoms with Crippen LogP contribution in [0.4, 0.5) is 0 Å². The van der Waals surface area contributed by atoms with Crippen LogP contribution in [-0.4, -0.2) is 15.0 Å². The van der Waals surface area contributed by atoms with Gasteiger partial charge in [0.2, 0.25) is 0 Å². The maximum Gasteiger partial charge on any atom is 0.0974 e. The van der Waals surface area contributed by atoms with E-state index in [0.29, 0.717) is 5.92 Å². The van der Waals surface area contributed by atoms with Gasteiger partial charge < -0.3 is 0 Å². The Kier molecular flexibility index (Phi) is 5.52. The number of hydrogen-bond donors (Lipinski definition) is 0. The fourth-order valence-corrected chi connectivity index (χ4v) is 6.48. The van der Waals surface area contributed by atoms with Crippen LogP contribution in [0.3, 0.4) is 0 Å². The van der Waals surface area contributed by atoms with Gasteiger partial charge in [0, 0.05) is 45.7 Å². The minimum absolute atomic E-state index is 0.283. The molecule has 3 heteroatoms. The van der Waals surface area contributed by atoms with Crippen LogP contribution in [-0.2, 0) is 0 Å². The van der Waals surface area contributed by atoms with Gasteiger partial charge in [-0.2, -0.15) is 0 Å². The first-order chi connectivity index (χ1) is 20.5. The Morgan fingerprint density at radius 1 is 0.476 bits per heavy atom. The highest BCUT2D eigenvalue weighted by atomic mass is 14.8. The Bertz CT molecular complexity index is 2300. The van der Waals surface area contributed by atoms with Crippen molar-refractivity contribution in [2.45, 2.75) is 39.5 Å². The molecule has 0 N–H and O–H groups in total. The molecule has 0 aliphatic carbocycles. The summed E-state index contributed by atoms with van der Waals surface area (Å²) in [6.07, 6.45) is 3.98. The van der Waals surface area contributed by atoms with Gasteiger partial charge in [0.25, 0.3) is 0 Å². The quantitative estimate of drug-likeness (QED) is 0.208. The second-order valence-corrected chi connectivity index (χ2v) is 12.1. The van der Waals surface area contributed by atoms with E-state index in [1.54, 1.807) is 0 Å². The van der Waals surface area contributed by atoms with Gasteiger partial charge in [-0.25, -0.2) is 0 Å². The third kappa shape index (κ3) is 3.77. The van der Waals surface area contributed by atoms with E-state index >= 15 is 0 Å². The lowest BCUT2D eigenvalue weighted by Crippen LogP contribution is -1.99. The SMILES string of the molecule is CC(C)c1ccc2ccc3c(-c4cncc(-c5ccc6ccc7cccc8ccc5c6c78)c4)cc(C(C)C)nc3c2n1. The van der Waals surface area contributed by atoms with Gasteiger partial charge in [-0.1, -0.05) is 100 Å². The molecule has 0 saturated heterocycles. The van der Waals surface area contributed by atoms with Crippen LogP contribution in [0, 0.1) is 0 Å². The maximum absolute atomic E-state index is 5.17. The molecule has 8 aromatic rings. The van der Waals surface area contributed by atoms with Gasteiger partial charge in [-0.15, -0.1) is 0 Å². The number of pyridine rings is 3. The second-order valence-electron chi connectivity index (χ2n) is 12.1. The predicted molar refractivity (Wildman–Crippen MR) is 178 cm³/mol. The summed E-state index contributed by atoms with van der Waals surface area (Å²) in [5, 5.41) is 9.96. The van der Waals surface area contributed by atoms with Gasteiger partial charge in [-0.05, 0) is 73.5 Å². The first-order valence-electron chi connectivity index (χ1n) is 14.8. The minimum Gasteiger partial charge on any atom is -0.263 e. The molecule has 0 unspecified atom stereocenters. The highest BCUT2D eigenvalue weighted by Crippen LogP contribution is 2.41. The topological polar surface area (TPSA) is 38.7 Å². The van der Waals surface area contributed by atoms with Crippen LogP contribution in [0.2, 0.25) is 0 Å². The molecule has 0 bridgehead atoms. The molecule has 42 heavy (non-hydrogen) atoms. The lowest BCUT2D eigenvalue weighted by Gasteiger charge is -2.16. The van der Waals surface area contributed by atoms with Crippen LogP contribution in [0.25, 0.3) is 76.4 Å². The smallest absolute Gasteiger partial charge is 0.0974 e. The van der Waals surface area contributed by atoms with Gasteiger partial charge in [-0.3, -0.25) is 15.0 Å². The molecule has 0 aliphatic rings. The van der Waals surface area contributed by atoms with Crippen molar-refractivity contribution in [3.8, 4) is 22.3 Å². The summed E-state index contributed by atoms with van der Waals surface area (Å²) >= 11 is 0. The van der Waals surface area contributed by atoms with E-state index in [-0.39, 0.29) is 5.92 Å². The summed E-state index contributed by atoms with van der Waals surface area (Å²) in [4.78, 5) is 15.1. The second kappa shape index (κ2) is 9.32. The predicted octanol–water partition coefficient (Wildman–Crippen LogP) is 10.7. The summed E-state index contributed by atoms with van der Waals surface area (Å²) in [5.41, 5.74) is 8.64. The Morgan fingerprint density at radius 2 is 1.07 bits per heavy atom. The van der Waals surface area contributed by atoms with Crippen LogP contribution in [0.5, 0.6) is 0 Å². The average Bonchev–Trinajstić information content (AvgIpc) is 3.02. The van der Waals surface area contributed by atoms with Crippen LogP contribution >= 0.6 is 0 Å². The molecule has 0 amide bonds. The molecule has 0 aliphatic heterocycles. The molecular weight excluding hydrogens is 510 g/mol. The molecule has 3 aromatic heterocycles. The van der Waals surface area contributed by atoms with E-state index in [1.807, 2.05) is 12.4 Å². The van der Waals surface area contributed by atoms with Crippen LogP contribution < -0.4 is 0 Å². The lowest BCUT2D eigenvalue weighted by molar-refractivity contribution is 0.826. The fraction of sp³-hybridized carbons (Fsp3) is 0.154. The summed E-state index contributed by atoms with van der Waals surface area (Å²) in [5.74, 6) is 0.633. The molecular formula is C39H31N3. The molecule has 0 saturated carbocycles. The molecule has 8 rings (SSSR count). The Hall–Kier alpha value is -4.89. The zero-order valence-corrected chi connectivity index (χ0v) is 24.3. The van der Waals surface area contributed by atoms with Crippen molar-refractivity contribution in [2.75, 3.05) is 0 Å². The van der Waals surface area contributed by atoms with E-state index < -0.39 is 0 Å².